The lowest BCUT2D eigenvalue weighted by Crippen LogP contribution is -2.31. The molecule has 1 unspecified atom stereocenters. The lowest BCUT2D eigenvalue weighted by Gasteiger charge is -2.11. The van der Waals surface area contributed by atoms with E-state index >= 15 is 0 Å². The quantitative estimate of drug-likeness (QED) is 0.912. The van der Waals surface area contributed by atoms with Crippen molar-refractivity contribution in [2.75, 3.05) is 5.32 Å². The Bertz CT molecular complexity index is 744. The number of amides is 2. The third kappa shape index (κ3) is 2.89. The Kier molecular flexibility index (Phi) is 3.73. The lowest BCUT2D eigenvalue weighted by molar-refractivity contribution is -0.122. The summed E-state index contributed by atoms with van der Waals surface area (Å²) in [6, 6.07) is 11.6. The van der Waals surface area contributed by atoms with E-state index in [0.29, 0.717) is 28.4 Å². The van der Waals surface area contributed by atoms with Crippen LogP contribution in [-0.4, -0.2) is 17.9 Å². The number of carbonyl (C=O) groups is 2. The van der Waals surface area contributed by atoms with Gasteiger partial charge in [0.25, 0.3) is 5.91 Å². The fourth-order valence-electron chi connectivity index (χ4n) is 2.30. The Morgan fingerprint density at radius 3 is 2.59 bits per heavy atom. The van der Waals surface area contributed by atoms with Crippen LogP contribution in [-0.2, 0) is 11.2 Å². The molecule has 0 spiro atoms. The standard InChI is InChI=1S/C16H13ClN2O3/c17-11-3-6-13-10(7-11)8-14(22-13)16(21)19-12-4-1-9(2-5-12)15(18)20/h1-7,14H,8H2,(H2,18,20)(H,19,21). The van der Waals surface area contributed by atoms with E-state index in [0.717, 1.165) is 5.56 Å². The number of hydrogen-bond donors (Lipinski definition) is 2. The Morgan fingerprint density at radius 1 is 1.18 bits per heavy atom. The molecule has 0 radical (unpaired) electrons. The first-order valence-electron chi connectivity index (χ1n) is 6.69. The normalized spacial score (nSPS) is 15.8. The first-order chi connectivity index (χ1) is 10.5. The van der Waals surface area contributed by atoms with Gasteiger partial charge in [0.05, 0.1) is 0 Å². The topological polar surface area (TPSA) is 81.4 Å². The van der Waals surface area contributed by atoms with Crippen LogP contribution in [0.1, 0.15) is 15.9 Å². The highest BCUT2D eigenvalue weighted by Crippen LogP contribution is 2.31. The molecule has 3 N–H and O–H groups in total. The third-order valence-corrected chi connectivity index (χ3v) is 3.66. The van der Waals surface area contributed by atoms with Gasteiger partial charge in [0, 0.05) is 22.7 Å². The van der Waals surface area contributed by atoms with Crippen molar-refractivity contribution in [1.29, 1.82) is 0 Å². The fraction of sp³-hybridized carbons (Fsp3) is 0.125. The van der Waals surface area contributed by atoms with E-state index in [2.05, 4.69) is 5.32 Å². The summed E-state index contributed by atoms with van der Waals surface area (Å²) in [6.07, 6.45) is -0.120. The second kappa shape index (κ2) is 5.69. The van der Waals surface area contributed by atoms with E-state index in [-0.39, 0.29) is 5.91 Å². The fourth-order valence-corrected chi connectivity index (χ4v) is 2.50. The number of nitrogens with two attached hydrogens (primary N) is 1. The minimum absolute atomic E-state index is 0.251. The molecule has 2 aromatic carbocycles. The molecule has 0 aliphatic carbocycles. The van der Waals surface area contributed by atoms with Crippen molar-refractivity contribution in [2.45, 2.75) is 12.5 Å². The van der Waals surface area contributed by atoms with Crippen LogP contribution < -0.4 is 15.8 Å². The van der Waals surface area contributed by atoms with Crippen molar-refractivity contribution in [1.82, 2.24) is 0 Å². The number of halogens is 1. The third-order valence-electron chi connectivity index (χ3n) is 3.43. The maximum absolute atomic E-state index is 12.2. The van der Waals surface area contributed by atoms with Crippen LogP contribution in [0.5, 0.6) is 5.75 Å². The van der Waals surface area contributed by atoms with Crippen LogP contribution in [0.15, 0.2) is 42.5 Å². The molecule has 6 heteroatoms. The van der Waals surface area contributed by atoms with Crippen molar-refractivity contribution in [3.8, 4) is 5.75 Å². The summed E-state index contributed by atoms with van der Waals surface area (Å²) in [4.78, 5) is 23.2. The van der Waals surface area contributed by atoms with Crippen molar-refractivity contribution in [3.05, 3.63) is 58.6 Å². The molecule has 5 nitrogen and oxygen atoms in total. The first kappa shape index (κ1) is 14.4. The van der Waals surface area contributed by atoms with E-state index in [1.54, 1.807) is 42.5 Å². The molecular formula is C16H13ClN2O3. The molecule has 0 saturated heterocycles. The zero-order valence-corrected chi connectivity index (χ0v) is 12.3. The summed E-state index contributed by atoms with van der Waals surface area (Å²) in [7, 11) is 0. The Hall–Kier alpha value is -2.53. The molecule has 2 amide bonds. The molecule has 1 aliphatic rings. The van der Waals surface area contributed by atoms with E-state index in [9.17, 15) is 9.59 Å². The predicted octanol–water partition coefficient (Wildman–Crippen LogP) is 2.38. The molecule has 112 valence electrons. The number of nitrogens with one attached hydrogen (secondary N) is 1. The van der Waals surface area contributed by atoms with Crippen LogP contribution in [0.2, 0.25) is 5.02 Å². The molecule has 1 heterocycles. The molecule has 2 aromatic rings. The van der Waals surface area contributed by atoms with Crippen molar-refractivity contribution in [3.63, 3.8) is 0 Å². The Labute approximate surface area is 132 Å². The number of fused-ring (bicyclic) bond motifs is 1. The first-order valence-corrected chi connectivity index (χ1v) is 7.06. The number of carbonyl (C=O) groups excluding carboxylic acids is 2. The van der Waals surface area contributed by atoms with Gasteiger partial charge in [0.15, 0.2) is 6.10 Å². The summed E-state index contributed by atoms with van der Waals surface area (Å²) < 4.78 is 5.61. The van der Waals surface area contributed by atoms with Gasteiger partial charge in [-0.05, 0) is 48.0 Å². The molecule has 1 aliphatic heterocycles. The average molecular weight is 317 g/mol. The van der Waals surface area contributed by atoms with E-state index in [4.69, 9.17) is 22.1 Å². The number of anilines is 1. The van der Waals surface area contributed by atoms with Crippen LogP contribution in [0.25, 0.3) is 0 Å². The zero-order valence-electron chi connectivity index (χ0n) is 11.5. The van der Waals surface area contributed by atoms with E-state index < -0.39 is 12.0 Å². The van der Waals surface area contributed by atoms with Crippen molar-refractivity contribution >= 4 is 29.1 Å². The van der Waals surface area contributed by atoms with Gasteiger partial charge >= 0.3 is 0 Å². The second-order valence-electron chi connectivity index (χ2n) is 4.99. The summed E-state index contributed by atoms with van der Waals surface area (Å²) >= 11 is 5.93. The number of rotatable bonds is 3. The summed E-state index contributed by atoms with van der Waals surface area (Å²) in [6.45, 7) is 0. The number of hydrogen-bond acceptors (Lipinski definition) is 3. The number of primary amides is 1. The van der Waals surface area contributed by atoms with Gasteiger partial charge in [-0.15, -0.1) is 0 Å². The maximum Gasteiger partial charge on any atom is 0.265 e. The largest absolute Gasteiger partial charge is 0.480 e. The lowest BCUT2D eigenvalue weighted by atomic mass is 10.1. The van der Waals surface area contributed by atoms with Crippen LogP contribution in [0, 0.1) is 0 Å². The van der Waals surface area contributed by atoms with Crippen LogP contribution in [0.4, 0.5) is 5.69 Å². The van der Waals surface area contributed by atoms with Gasteiger partial charge in [-0.3, -0.25) is 9.59 Å². The summed E-state index contributed by atoms with van der Waals surface area (Å²) in [5.41, 5.74) is 7.04. The van der Waals surface area contributed by atoms with Gasteiger partial charge < -0.3 is 15.8 Å². The van der Waals surface area contributed by atoms with Gasteiger partial charge in [-0.2, -0.15) is 0 Å². The SMILES string of the molecule is NC(=O)c1ccc(NC(=O)C2Cc3cc(Cl)ccc3O2)cc1. The summed E-state index contributed by atoms with van der Waals surface area (Å²) in [5, 5.41) is 3.37. The Morgan fingerprint density at radius 2 is 1.91 bits per heavy atom. The molecule has 1 atom stereocenters. The maximum atomic E-state index is 12.2. The molecule has 22 heavy (non-hydrogen) atoms. The van der Waals surface area contributed by atoms with E-state index in [1.165, 1.54) is 0 Å². The molecule has 0 saturated carbocycles. The highest BCUT2D eigenvalue weighted by atomic mass is 35.5. The van der Waals surface area contributed by atoms with Crippen LogP contribution in [0.3, 0.4) is 0 Å². The van der Waals surface area contributed by atoms with Gasteiger partial charge in [-0.1, -0.05) is 11.6 Å². The number of benzene rings is 2. The molecular weight excluding hydrogens is 304 g/mol. The molecule has 0 fully saturated rings. The highest BCUT2D eigenvalue weighted by molar-refractivity contribution is 6.30. The van der Waals surface area contributed by atoms with Gasteiger partial charge in [0.1, 0.15) is 5.75 Å². The summed E-state index contributed by atoms with van der Waals surface area (Å²) in [5.74, 6) is -0.0860. The van der Waals surface area contributed by atoms with E-state index in [1.807, 2.05) is 0 Å². The number of ether oxygens (including phenoxy) is 1. The van der Waals surface area contributed by atoms with Gasteiger partial charge in [0.2, 0.25) is 5.91 Å². The minimum Gasteiger partial charge on any atom is -0.480 e. The van der Waals surface area contributed by atoms with Crippen molar-refractivity contribution in [2.24, 2.45) is 5.73 Å². The predicted molar refractivity (Wildman–Crippen MR) is 83.2 cm³/mol. The second-order valence-corrected chi connectivity index (χ2v) is 5.43. The molecule has 3 rings (SSSR count). The average Bonchev–Trinajstić information content (AvgIpc) is 2.91. The highest BCUT2D eigenvalue weighted by Gasteiger charge is 2.29. The smallest absolute Gasteiger partial charge is 0.265 e. The van der Waals surface area contributed by atoms with Gasteiger partial charge in [-0.25, -0.2) is 0 Å². The molecule has 0 bridgehead atoms. The monoisotopic (exact) mass is 316 g/mol. The molecule has 0 aromatic heterocycles. The minimum atomic E-state index is -0.593. The zero-order chi connectivity index (χ0) is 15.7. The Balaban J connectivity index is 1.67. The van der Waals surface area contributed by atoms with Crippen molar-refractivity contribution < 1.29 is 14.3 Å². The van der Waals surface area contributed by atoms with Crippen LogP contribution >= 0.6 is 11.6 Å².